The van der Waals surface area contributed by atoms with Crippen molar-refractivity contribution >= 4 is 12.0 Å². The summed E-state index contributed by atoms with van der Waals surface area (Å²) in [5, 5.41) is 9.55. The first-order valence-corrected chi connectivity index (χ1v) is 9.86. The average Bonchev–Trinajstić information content (AvgIpc) is 2.65. The second-order valence-corrected chi connectivity index (χ2v) is 6.60. The van der Waals surface area contributed by atoms with Gasteiger partial charge in [-0.2, -0.15) is 0 Å². The quantitative estimate of drug-likeness (QED) is 0.332. The summed E-state index contributed by atoms with van der Waals surface area (Å²) in [7, 11) is 1.51. The van der Waals surface area contributed by atoms with Gasteiger partial charge in [0.15, 0.2) is 11.5 Å². The van der Waals surface area contributed by atoms with Gasteiger partial charge in [0.25, 0.3) is 0 Å². The molecule has 0 heterocycles. The van der Waals surface area contributed by atoms with Gasteiger partial charge in [-0.25, -0.2) is 0 Å². The van der Waals surface area contributed by atoms with Crippen molar-refractivity contribution in [1.82, 2.24) is 0 Å². The van der Waals surface area contributed by atoms with Gasteiger partial charge >= 0.3 is 5.97 Å². The molecule has 4 nitrogen and oxygen atoms in total. The number of hydrogen-bond donors (Lipinski definition) is 1. The molecule has 0 bridgehead atoms. The van der Waals surface area contributed by atoms with E-state index in [0.717, 1.165) is 18.4 Å². The normalized spacial score (nSPS) is 11.0. The Morgan fingerprint density at radius 3 is 2.35 bits per heavy atom. The van der Waals surface area contributed by atoms with Gasteiger partial charge in [0.1, 0.15) is 6.61 Å². The summed E-state index contributed by atoms with van der Waals surface area (Å²) in [5.41, 5.74) is 0.884. The molecule has 0 saturated heterocycles. The van der Waals surface area contributed by atoms with E-state index in [-0.39, 0.29) is 18.3 Å². The van der Waals surface area contributed by atoms with Crippen LogP contribution in [0.2, 0.25) is 0 Å². The van der Waals surface area contributed by atoms with Crippen LogP contribution in [0.4, 0.5) is 0 Å². The third-order valence-electron chi connectivity index (χ3n) is 4.34. The number of aromatic hydroxyl groups is 1. The third kappa shape index (κ3) is 10.1. The lowest BCUT2D eigenvalue weighted by Crippen LogP contribution is -2.03. The maximum Gasteiger partial charge on any atom is 0.306 e. The molecule has 1 N–H and O–H groups in total. The number of esters is 1. The van der Waals surface area contributed by atoms with Crippen LogP contribution in [0.3, 0.4) is 0 Å². The summed E-state index contributed by atoms with van der Waals surface area (Å²) in [4.78, 5) is 11.7. The van der Waals surface area contributed by atoms with Crippen molar-refractivity contribution in [3.05, 3.63) is 29.8 Å². The van der Waals surface area contributed by atoms with Crippen LogP contribution < -0.4 is 4.74 Å². The minimum absolute atomic E-state index is 0.108. The van der Waals surface area contributed by atoms with Crippen LogP contribution in [0.1, 0.15) is 76.7 Å². The molecule has 0 fully saturated rings. The van der Waals surface area contributed by atoms with Gasteiger partial charge in [0.05, 0.1) is 7.11 Å². The van der Waals surface area contributed by atoms with E-state index in [1.165, 1.54) is 52.1 Å². The molecule has 0 aromatic heterocycles. The largest absolute Gasteiger partial charge is 0.504 e. The predicted octanol–water partition coefficient (Wildman–Crippen LogP) is 5.88. The van der Waals surface area contributed by atoms with Crippen molar-refractivity contribution in [3.63, 3.8) is 0 Å². The molecule has 0 aliphatic carbocycles. The minimum Gasteiger partial charge on any atom is -0.504 e. The number of carbonyl (C=O) groups is 1. The van der Waals surface area contributed by atoms with E-state index in [2.05, 4.69) is 6.92 Å². The maximum atomic E-state index is 11.7. The molecule has 0 atom stereocenters. The predicted molar refractivity (Wildman–Crippen MR) is 106 cm³/mol. The minimum atomic E-state index is -0.138. The van der Waals surface area contributed by atoms with E-state index < -0.39 is 0 Å². The zero-order chi connectivity index (χ0) is 19.0. The van der Waals surface area contributed by atoms with Gasteiger partial charge in [-0.15, -0.1) is 0 Å². The van der Waals surface area contributed by atoms with Crippen molar-refractivity contribution in [2.45, 2.75) is 71.1 Å². The Morgan fingerprint density at radius 1 is 1.04 bits per heavy atom. The molecular formula is C22H34O4. The maximum absolute atomic E-state index is 11.7. The Kier molecular flexibility index (Phi) is 12.1. The van der Waals surface area contributed by atoms with Crippen LogP contribution in [0.25, 0.3) is 6.08 Å². The summed E-state index contributed by atoms with van der Waals surface area (Å²) < 4.78 is 10.3. The molecule has 0 saturated carbocycles. The number of unbranched alkanes of at least 4 members (excludes halogenated alkanes) is 8. The van der Waals surface area contributed by atoms with E-state index in [1.807, 2.05) is 6.08 Å². The van der Waals surface area contributed by atoms with Gasteiger partial charge in [-0.1, -0.05) is 70.4 Å². The number of methoxy groups -OCH3 is 1. The molecular weight excluding hydrogens is 328 g/mol. The zero-order valence-electron chi connectivity index (χ0n) is 16.3. The average molecular weight is 363 g/mol. The number of rotatable bonds is 14. The first-order valence-electron chi connectivity index (χ1n) is 9.86. The molecule has 4 heteroatoms. The van der Waals surface area contributed by atoms with Crippen LogP contribution in [0.15, 0.2) is 24.3 Å². The van der Waals surface area contributed by atoms with Crippen molar-refractivity contribution in [3.8, 4) is 11.5 Å². The number of ether oxygens (including phenoxy) is 2. The lowest BCUT2D eigenvalue weighted by atomic mass is 10.1. The molecule has 26 heavy (non-hydrogen) atoms. The molecule has 1 aromatic carbocycles. The van der Waals surface area contributed by atoms with E-state index in [0.29, 0.717) is 12.2 Å². The standard InChI is InChI=1S/C22H34O4/c1-3-4-5-6-7-8-9-10-11-14-22(24)26-17-12-13-19-15-16-20(23)21(18-19)25-2/h12-13,15-16,18,23H,3-11,14,17H2,1-2H3/b13-12+. The van der Waals surface area contributed by atoms with Crippen LogP contribution in [0, 0.1) is 0 Å². The molecule has 0 amide bonds. The van der Waals surface area contributed by atoms with Gasteiger partial charge in [-0.3, -0.25) is 4.79 Å². The van der Waals surface area contributed by atoms with E-state index >= 15 is 0 Å². The van der Waals surface area contributed by atoms with Crippen LogP contribution >= 0.6 is 0 Å². The Labute approximate surface area is 158 Å². The number of hydrogen-bond acceptors (Lipinski definition) is 4. The Morgan fingerprint density at radius 2 is 1.69 bits per heavy atom. The highest BCUT2D eigenvalue weighted by molar-refractivity contribution is 5.69. The molecule has 1 aromatic rings. The molecule has 0 aliphatic heterocycles. The number of phenolic OH excluding ortho intramolecular Hbond substituents is 1. The highest BCUT2D eigenvalue weighted by atomic mass is 16.5. The van der Waals surface area contributed by atoms with E-state index in [9.17, 15) is 9.90 Å². The molecule has 146 valence electrons. The second-order valence-electron chi connectivity index (χ2n) is 6.60. The second kappa shape index (κ2) is 14.2. The fourth-order valence-corrected chi connectivity index (χ4v) is 2.78. The number of phenols is 1. The van der Waals surface area contributed by atoms with Crippen molar-refractivity contribution in [2.24, 2.45) is 0 Å². The Balaban J connectivity index is 2.06. The highest BCUT2D eigenvalue weighted by Gasteiger charge is 2.02. The van der Waals surface area contributed by atoms with Gasteiger partial charge in [-0.05, 0) is 30.2 Å². The van der Waals surface area contributed by atoms with E-state index in [1.54, 1.807) is 24.3 Å². The topological polar surface area (TPSA) is 55.8 Å². The molecule has 0 unspecified atom stereocenters. The van der Waals surface area contributed by atoms with Crippen molar-refractivity contribution < 1.29 is 19.4 Å². The molecule has 0 spiro atoms. The summed E-state index contributed by atoms with van der Waals surface area (Å²) in [6.45, 7) is 2.50. The molecule has 0 aliphatic rings. The first-order chi connectivity index (χ1) is 12.7. The van der Waals surface area contributed by atoms with Crippen molar-refractivity contribution in [2.75, 3.05) is 13.7 Å². The first kappa shape index (κ1) is 22.1. The van der Waals surface area contributed by atoms with Crippen LogP contribution in [0.5, 0.6) is 11.5 Å². The van der Waals surface area contributed by atoms with E-state index in [4.69, 9.17) is 9.47 Å². The fraction of sp³-hybridized carbons (Fsp3) is 0.591. The Hall–Kier alpha value is -1.97. The monoisotopic (exact) mass is 362 g/mol. The van der Waals surface area contributed by atoms with Crippen LogP contribution in [-0.4, -0.2) is 24.8 Å². The lowest BCUT2D eigenvalue weighted by molar-refractivity contribution is -0.142. The number of carbonyl (C=O) groups excluding carboxylic acids is 1. The van der Waals surface area contributed by atoms with Gasteiger partial charge in [0.2, 0.25) is 0 Å². The third-order valence-corrected chi connectivity index (χ3v) is 4.34. The van der Waals surface area contributed by atoms with Gasteiger partial charge in [0, 0.05) is 6.42 Å². The fourth-order valence-electron chi connectivity index (χ4n) is 2.78. The summed E-state index contributed by atoms with van der Waals surface area (Å²) in [6.07, 6.45) is 15.3. The summed E-state index contributed by atoms with van der Waals surface area (Å²) >= 11 is 0. The lowest BCUT2D eigenvalue weighted by Gasteiger charge is -2.04. The summed E-state index contributed by atoms with van der Waals surface area (Å²) in [5.74, 6) is 0.396. The smallest absolute Gasteiger partial charge is 0.306 e. The zero-order valence-corrected chi connectivity index (χ0v) is 16.3. The van der Waals surface area contributed by atoms with Crippen molar-refractivity contribution in [1.29, 1.82) is 0 Å². The SMILES string of the molecule is CCCCCCCCCCCC(=O)OC/C=C/c1ccc(O)c(OC)c1. The molecule has 0 radical (unpaired) electrons. The van der Waals surface area contributed by atoms with Gasteiger partial charge < -0.3 is 14.6 Å². The van der Waals surface area contributed by atoms with Crippen LogP contribution in [-0.2, 0) is 9.53 Å². The summed E-state index contributed by atoms with van der Waals surface area (Å²) in [6, 6.07) is 5.09. The molecule has 1 rings (SSSR count). The Bertz CT molecular complexity index is 537. The number of benzene rings is 1. The highest BCUT2D eigenvalue weighted by Crippen LogP contribution is 2.26.